The molecule has 5 nitrogen and oxygen atoms in total. The maximum Gasteiger partial charge on any atom is 0.191 e. The van der Waals surface area contributed by atoms with E-state index in [1.807, 2.05) is 6.92 Å². The Morgan fingerprint density at radius 1 is 1.15 bits per heavy atom. The maximum atomic E-state index is 11.6. The first-order valence-corrected chi connectivity index (χ1v) is 11.0. The third-order valence-electron chi connectivity index (χ3n) is 4.43. The normalized spacial score (nSPS) is 15.9. The lowest BCUT2D eigenvalue weighted by Crippen LogP contribution is -2.39. The minimum absolute atomic E-state index is 0. The van der Waals surface area contributed by atoms with Gasteiger partial charge in [0, 0.05) is 31.3 Å². The molecule has 0 aliphatic heterocycles. The quantitative estimate of drug-likeness (QED) is 0.332. The lowest BCUT2D eigenvalue weighted by atomic mass is 10.1. The fraction of sp³-hybridized carbons (Fsp3) is 0.632. The molecule has 0 bridgehead atoms. The molecule has 148 valence electrons. The molecule has 2 N–H and O–H groups in total. The first-order chi connectivity index (χ1) is 11.7. The van der Waals surface area contributed by atoms with Crippen LogP contribution in [0.4, 0.5) is 0 Å². The lowest BCUT2D eigenvalue weighted by molar-refractivity contribution is 0.550. The number of aryl methyl sites for hydroxylation is 2. The van der Waals surface area contributed by atoms with Gasteiger partial charge in [-0.05, 0) is 45.6 Å². The summed E-state index contributed by atoms with van der Waals surface area (Å²) in [4.78, 5) is 4.63. The van der Waals surface area contributed by atoms with Gasteiger partial charge < -0.3 is 10.6 Å². The molecule has 26 heavy (non-hydrogen) atoms. The molecule has 0 spiro atoms. The van der Waals surface area contributed by atoms with Crippen LogP contribution in [0.5, 0.6) is 0 Å². The van der Waals surface area contributed by atoms with Gasteiger partial charge in [-0.3, -0.25) is 4.99 Å². The molecule has 0 unspecified atom stereocenters. The molecule has 1 aliphatic rings. The van der Waals surface area contributed by atoms with Crippen molar-refractivity contribution in [3.05, 3.63) is 34.9 Å². The van der Waals surface area contributed by atoms with Gasteiger partial charge in [-0.2, -0.15) is 0 Å². The molecule has 1 aromatic carbocycles. The van der Waals surface area contributed by atoms with E-state index in [4.69, 9.17) is 0 Å². The van der Waals surface area contributed by atoms with Crippen molar-refractivity contribution in [1.29, 1.82) is 0 Å². The van der Waals surface area contributed by atoms with Crippen molar-refractivity contribution in [1.82, 2.24) is 10.6 Å². The van der Waals surface area contributed by atoms with Gasteiger partial charge in [-0.25, -0.2) is 8.42 Å². The highest BCUT2D eigenvalue weighted by Crippen LogP contribution is 2.46. The first-order valence-electron chi connectivity index (χ1n) is 8.98. The van der Waals surface area contributed by atoms with Crippen molar-refractivity contribution >= 4 is 39.8 Å². The SMILES string of the molecule is CCNC(=NCC1(CS(C)(=O)=O)CC1)NCCc1cc(C)cc(C)c1.I. The predicted molar refractivity (Wildman–Crippen MR) is 120 cm³/mol. The zero-order valence-electron chi connectivity index (χ0n) is 16.3. The van der Waals surface area contributed by atoms with Gasteiger partial charge in [0.15, 0.2) is 5.96 Å². The molecule has 0 atom stereocenters. The monoisotopic (exact) mass is 493 g/mol. The van der Waals surface area contributed by atoms with Crippen LogP contribution in [0, 0.1) is 19.3 Å². The summed E-state index contributed by atoms with van der Waals surface area (Å²) in [6.45, 7) is 8.42. The number of hydrogen-bond acceptors (Lipinski definition) is 3. The number of benzene rings is 1. The Morgan fingerprint density at radius 2 is 1.77 bits per heavy atom. The van der Waals surface area contributed by atoms with Crippen molar-refractivity contribution < 1.29 is 8.42 Å². The van der Waals surface area contributed by atoms with Crippen LogP contribution < -0.4 is 10.6 Å². The van der Waals surface area contributed by atoms with E-state index in [1.54, 1.807) is 0 Å². The van der Waals surface area contributed by atoms with Crippen molar-refractivity contribution in [2.45, 2.75) is 40.0 Å². The average Bonchev–Trinajstić information content (AvgIpc) is 3.21. The number of nitrogens with one attached hydrogen (secondary N) is 2. The largest absolute Gasteiger partial charge is 0.357 e. The molecule has 1 saturated carbocycles. The van der Waals surface area contributed by atoms with Gasteiger partial charge in [0.2, 0.25) is 0 Å². The Kier molecular flexibility index (Phi) is 8.85. The van der Waals surface area contributed by atoms with Crippen molar-refractivity contribution in [2.24, 2.45) is 10.4 Å². The van der Waals surface area contributed by atoms with E-state index >= 15 is 0 Å². The van der Waals surface area contributed by atoms with Crippen LogP contribution in [-0.2, 0) is 16.3 Å². The molecule has 0 radical (unpaired) electrons. The van der Waals surface area contributed by atoms with Crippen LogP contribution in [0.25, 0.3) is 0 Å². The van der Waals surface area contributed by atoms with Gasteiger partial charge in [-0.15, -0.1) is 24.0 Å². The Morgan fingerprint density at radius 3 is 2.27 bits per heavy atom. The molecule has 0 saturated heterocycles. The fourth-order valence-electron chi connectivity index (χ4n) is 3.21. The van der Waals surface area contributed by atoms with Crippen molar-refractivity contribution in [2.75, 3.05) is 31.6 Å². The number of sulfone groups is 1. The van der Waals surface area contributed by atoms with Crippen LogP contribution in [-0.4, -0.2) is 46.0 Å². The summed E-state index contributed by atoms with van der Waals surface area (Å²) in [5.74, 6) is 1.01. The molecule has 0 aromatic heterocycles. The number of rotatable bonds is 8. The van der Waals surface area contributed by atoms with Crippen molar-refractivity contribution in [3.8, 4) is 0 Å². The highest BCUT2D eigenvalue weighted by Gasteiger charge is 2.45. The van der Waals surface area contributed by atoms with Crippen molar-refractivity contribution in [3.63, 3.8) is 0 Å². The number of aliphatic imine (C=N–C) groups is 1. The summed E-state index contributed by atoms with van der Waals surface area (Å²) in [5, 5.41) is 6.60. The minimum Gasteiger partial charge on any atom is -0.357 e. The van der Waals surface area contributed by atoms with Crippen LogP contribution in [0.2, 0.25) is 0 Å². The van der Waals surface area contributed by atoms with Gasteiger partial charge in [0.05, 0.1) is 5.75 Å². The topological polar surface area (TPSA) is 70.6 Å². The molecular formula is C19H32IN3O2S. The van der Waals surface area contributed by atoms with E-state index in [-0.39, 0.29) is 35.1 Å². The molecule has 1 aliphatic carbocycles. The van der Waals surface area contributed by atoms with E-state index in [1.165, 1.54) is 22.9 Å². The summed E-state index contributed by atoms with van der Waals surface area (Å²) in [5.41, 5.74) is 3.75. The zero-order chi connectivity index (χ0) is 18.5. The van der Waals surface area contributed by atoms with Gasteiger partial charge >= 0.3 is 0 Å². The molecule has 0 heterocycles. The summed E-state index contributed by atoms with van der Waals surface area (Å²) >= 11 is 0. The number of halogens is 1. The zero-order valence-corrected chi connectivity index (χ0v) is 19.4. The molecule has 1 fully saturated rings. The van der Waals surface area contributed by atoms with Crippen LogP contribution in [0.3, 0.4) is 0 Å². The Labute approximate surface area is 175 Å². The lowest BCUT2D eigenvalue weighted by Gasteiger charge is -2.15. The van der Waals surface area contributed by atoms with Crippen LogP contribution >= 0.6 is 24.0 Å². The third-order valence-corrected chi connectivity index (χ3v) is 5.57. The van der Waals surface area contributed by atoms with E-state index < -0.39 is 9.84 Å². The van der Waals surface area contributed by atoms with E-state index in [9.17, 15) is 8.42 Å². The number of hydrogen-bond donors (Lipinski definition) is 2. The van der Waals surface area contributed by atoms with E-state index in [0.717, 1.165) is 38.3 Å². The average molecular weight is 493 g/mol. The Balaban J connectivity index is 0.00000338. The van der Waals surface area contributed by atoms with E-state index in [2.05, 4.69) is 47.7 Å². The first kappa shape index (κ1) is 23.2. The summed E-state index contributed by atoms with van der Waals surface area (Å²) < 4.78 is 23.1. The highest BCUT2D eigenvalue weighted by molar-refractivity contribution is 14.0. The molecular weight excluding hydrogens is 461 g/mol. The molecule has 1 aromatic rings. The molecule has 2 rings (SSSR count). The van der Waals surface area contributed by atoms with E-state index in [0.29, 0.717) is 6.54 Å². The number of guanidine groups is 1. The maximum absolute atomic E-state index is 11.6. The minimum atomic E-state index is -2.95. The second kappa shape index (κ2) is 9.92. The standard InChI is InChI=1S/C19H31N3O2S.HI/c1-5-20-18(22-13-19(7-8-19)14-25(4,23)24)21-9-6-17-11-15(2)10-16(3)12-17;/h10-12H,5-9,13-14H2,1-4H3,(H2,20,21,22);1H. The fourth-order valence-corrected chi connectivity index (χ4v) is 4.70. The number of nitrogens with zero attached hydrogens (tertiary/aromatic N) is 1. The third kappa shape index (κ3) is 8.24. The van der Waals surface area contributed by atoms with Gasteiger partial charge in [0.1, 0.15) is 9.84 Å². The predicted octanol–water partition coefficient (Wildman–Crippen LogP) is 2.84. The molecule has 7 heteroatoms. The van der Waals surface area contributed by atoms with Crippen LogP contribution in [0.1, 0.15) is 36.5 Å². The Hall–Kier alpha value is -0.830. The second-order valence-corrected chi connectivity index (χ2v) is 9.58. The second-order valence-electron chi connectivity index (χ2n) is 7.44. The summed E-state index contributed by atoms with van der Waals surface area (Å²) in [6.07, 6.45) is 4.14. The summed E-state index contributed by atoms with van der Waals surface area (Å²) in [6, 6.07) is 6.60. The summed E-state index contributed by atoms with van der Waals surface area (Å²) in [7, 11) is -2.95. The van der Waals surface area contributed by atoms with Crippen LogP contribution in [0.15, 0.2) is 23.2 Å². The molecule has 0 amide bonds. The van der Waals surface area contributed by atoms with Gasteiger partial charge in [-0.1, -0.05) is 29.3 Å². The smallest absolute Gasteiger partial charge is 0.191 e. The Bertz CT molecular complexity index is 708. The highest BCUT2D eigenvalue weighted by atomic mass is 127. The van der Waals surface area contributed by atoms with Gasteiger partial charge in [0.25, 0.3) is 0 Å².